The van der Waals surface area contributed by atoms with Crippen LogP contribution in [-0.4, -0.2) is 44.0 Å². The third-order valence-corrected chi connectivity index (χ3v) is 3.70. The molecule has 2 aliphatic rings. The molecule has 18 heavy (non-hydrogen) atoms. The van der Waals surface area contributed by atoms with E-state index in [9.17, 15) is 9.18 Å². The molecule has 2 heterocycles. The summed E-state index contributed by atoms with van der Waals surface area (Å²) in [5.74, 6) is -0.468. The van der Waals surface area contributed by atoms with Crippen LogP contribution in [0.5, 0.6) is 0 Å². The van der Waals surface area contributed by atoms with Crippen LogP contribution in [0.4, 0.5) is 10.1 Å². The Morgan fingerprint density at radius 2 is 1.94 bits per heavy atom. The Labute approximate surface area is 105 Å². The Morgan fingerprint density at radius 3 is 2.67 bits per heavy atom. The highest BCUT2D eigenvalue weighted by Crippen LogP contribution is 2.27. The van der Waals surface area contributed by atoms with Gasteiger partial charge in [-0.1, -0.05) is 0 Å². The van der Waals surface area contributed by atoms with E-state index in [1.165, 1.54) is 6.07 Å². The summed E-state index contributed by atoms with van der Waals surface area (Å²) >= 11 is 0. The molecular formula is C13H16FN3O. The predicted molar refractivity (Wildman–Crippen MR) is 67.3 cm³/mol. The lowest BCUT2D eigenvalue weighted by atomic mass is 10.1. The number of fused-ring (bicyclic) bond motifs is 1. The van der Waals surface area contributed by atoms with E-state index in [2.05, 4.69) is 22.2 Å². The minimum Gasteiger partial charge on any atom is -0.367 e. The summed E-state index contributed by atoms with van der Waals surface area (Å²) in [5.41, 5.74) is 2.00. The molecule has 1 aromatic carbocycles. The molecule has 4 nitrogen and oxygen atoms in total. The fourth-order valence-electron chi connectivity index (χ4n) is 2.52. The van der Waals surface area contributed by atoms with Gasteiger partial charge in [0.15, 0.2) is 0 Å². The summed E-state index contributed by atoms with van der Waals surface area (Å²) in [4.78, 5) is 15.7. The van der Waals surface area contributed by atoms with Gasteiger partial charge in [-0.15, -0.1) is 0 Å². The van der Waals surface area contributed by atoms with Crippen LogP contribution in [0.25, 0.3) is 0 Å². The van der Waals surface area contributed by atoms with Gasteiger partial charge in [-0.3, -0.25) is 4.79 Å². The van der Waals surface area contributed by atoms with Gasteiger partial charge in [0.1, 0.15) is 5.82 Å². The summed E-state index contributed by atoms with van der Waals surface area (Å²) in [6, 6.07) is 3.18. The Morgan fingerprint density at radius 1 is 1.22 bits per heavy atom. The molecule has 96 valence electrons. The minimum atomic E-state index is -0.296. The van der Waals surface area contributed by atoms with Crippen LogP contribution < -0.4 is 10.2 Å². The van der Waals surface area contributed by atoms with Crippen LogP contribution in [0, 0.1) is 5.82 Å². The number of hydrogen-bond acceptors (Lipinski definition) is 3. The van der Waals surface area contributed by atoms with E-state index in [4.69, 9.17) is 0 Å². The van der Waals surface area contributed by atoms with E-state index >= 15 is 0 Å². The molecule has 1 fully saturated rings. The molecule has 3 rings (SSSR count). The summed E-state index contributed by atoms with van der Waals surface area (Å²) in [6.07, 6.45) is 0. The standard InChI is InChI=1S/C13H16FN3O/c1-16-2-4-17(5-3-16)12-6-9-8-15-13(18)10(9)7-11(12)14/h6-7H,2-5,8H2,1H3,(H,15,18). The maximum absolute atomic E-state index is 14.1. The second kappa shape index (κ2) is 4.24. The zero-order chi connectivity index (χ0) is 12.7. The molecule has 0 saturated carbocycles. The number of rotatable bonds is 1. The lowest BCUT2D eigenvalue weighted by molar-refractivity contribution is 0.0965. The number of carbonyl (C=O) groups excluding carboxylic acids is 1. The topological polar surface area (TPSA) is 35.6 Å². The molecule has 0 unspecified atom stereocenters. The second-order valence-corrected chi connectivity index (χ2v) is 4.93. The van der Waals surface area contributed by atoms with Gasteiger partial charge in [-0.2, -0.15) is 0 Å². The van der Waals surface area contributed by atoms with Gasteiger partial charge in [0, 0.05) is 38.3 Å². The molecule has 1 N–H and O–H groups in total. The van der Waals surface area contributed by atoms with Crippen LogP contribution >= 0.6 is 0 Å². The van der Waals surface area contributed by atoms with E-state index in [-0.39, 0.29) is 11.7 Å². The molecule has 0 aliphatic carbocycles. The quantitative estimate of drug-likeness (QED) is 0.800. The van der Waals surface area contributed by atoms with Crippen molar-refractivity contribution in [2.45, 2.75) is 6.54 Å². The lowest BCUT2D eigenvalue weighted by Crippen LogP contribution is -2.44. The van der Waals surface area contributed by atoms with Gasteiger partial charge in [0.05, 0.1) is 5.69 Å². The maximum Gasteiger partial charge on any atom is 0.252 e. The third kappa shape index (κ3) is 1.84. The summed E-state index contributed by atoms with van der Waals surface area (Å²) < 4.78 is 14.1. The van der Waals surface area contributed by atoms with Crippen molar-refractivity contribution in [3.63, 3.8) is 0 Å². The zero-order valence-corrected chi connectivity index (χ0v) is 10.4. The van der Waals surface area contributed by atoms with Crippen molar-refractivity contribution >= 4 is 11.6 Å². The van der Waals surface area contributed by atoms with Crippen molar-refractivity contribution < 1.29 is 9.18 Å². The van der Waals surface area contributed by atoms with Crippen molar-refractivity contribution in [2.24, 2.45) is 0 Å². The Balaban J connectivity index is 1.91. The average molecular weight is 249 g/mol. The normalized spacial score (nSPS) is 19.9. The second-order valence-electron chi connectivity index (χ2n) is 4.93. The van der Waals surface area contributed by atoms with Crippen LogP contribution in [-0.2, 0) is 6.54 Å². The first-order valence-electron chi connectivity index (χ1n) is 6.19. The highest BCUT2D eigenvalue weighted by Gasteiger charge is 2.24. The van der Waals surface area contributed by atoms with E-state index in [0.29, 0.717) is 17.8 Å². The molecule has 5 heteroatoms. The number of benzene rings is 1. The van der Waals surface area contributed by atoms with Crippen molar-refractivity contribution in [3.8, 4) is 0 Å². The van der Waals surface area contributed by atoms with Crippen molar-refractivity contribution in [1.82, 2.24) is 10.2 Å². The molecule has 0 aromatic heterocycles. The van der Waals surface area contributed by atoms with Crippen molar-refractivity contribution in [3.05, 3.63) is 29.1 Å². The molecule has 0 bridgehead atoms. The van der Waals surface area contributed by atoms with E-state index in [0.717, 1.165) is 31.7 Å². The van der Waals surface area contributed by atoms with Gasteiger partial charge >= 0.3 is 0 Å². The molecule has 1 saturated heterocycles. The van der Waals surface area contributed by atoms with E-state index < -0.39 is 0 Å². The number of likely N-dealkylation sites (N-methyl/N-ethyl adjacent to an activating group) is 1. The van der Waals surface area contributed by atoms with E-state index in [1.54, 1.807) is 0 Å². The van der Waals surface area contributed by atoms with Gasteiger partial charge in [-0.25, -0.2) is 4.39 Å². The number of amides is 1. The number of hydrogen-bond donors (Lipinski definition) is 1. The van der Waals surface area contributed by atoms with Gasteiger partial charge in [-0.05, 0) is 24.7 Å². The first-order valence-corrected chi connectivity index (χ1v) is 6.19. The van der Waals surface area contributed by atoms with Crippen LogP contribution in [0.15, 0.2) is 12.1 Å². The first-order chi connectivity index (χ1) is 8.65. The minimum absolute atomic E-state index is 0.172. The number of anilines is 1. The Hall–Kier alpha value is -1.62. The van der Waals surface area contributed by atoms with Crippen molar-refractivity contribution in [2.75, 3.05) is 38.1 Å². The summed E-state index contributed by atoms with van der Waals surface area (Å²) in [6.45, 7) is 4.04. The van der Waals surface area contributed by atoms with Gasteiger partial charge in [0.25, 0.3) is 5.91 Å². The molecule has 1 aromatic rings. The molecule has 2 aliphatic heterocycles. The molecule has 0 radical (unpaired) electrons. The number of nitrogens with zero attached hydrogens (tertiary/aromatic N) is 2. The molecule has 0 atom stereocenters. The Kier molecular flexibility index (Phi) is 2.70. The maximum atomic E-state index is 14.1. The summed E-state index contributed by atoms with van der Waals surface area (Å²) in [5, 5.41) is 2.72. The highest BCUT2D eigenvalue weighted by atomic mass is 19.1. The predicted octanol–water partition coefficient (Wildman–Crippen LogP) is 0.821. The highest BCUT2D eigenvalue weighted by molar-refractivity contribution is 5.98. The number of halogens is 1. The fourth-order valence-corrected chi connectivity index (χ4v) is 2.52. The molecule has 1 amide bonds. The van der Waals surface area contributed by atoms with Crippen LogP contribution in [0.3, 0.4) is 0 Å². The molecule has 0 spiro atoms. The summed E-state index contributed by atoms with van der Waals surface area (Å²) in [7, 11) is 2.07. The van der Waals surface area contributed by atoms with Crippen molar-refractivity contribution in [1.29, 1.82) is 0 Å². The first kappa shape index (κ1) is 11.5. The molecular weight excluding hydrogens is 233 g/mol. The fraction of sp³-hybridized carbons (Fsp3) is 0.462. The number of piperazine rings is 1. The van der Waals surface area contributed by atoms with E-state index in [1.807, 2.05) is 6.07 Å². The monoisotopic (exact) mass is 249 g/mol. The van der Waals surface area contributed by atoms with Crippen LogP contribution in [0.2, 0.25) is 0 Å². The zero-order valence-electron chi connectivity index (χ0n) is 10.4. The SMILES string of the molecule is CN1CCN(c2cc3c(cc2F)C(=O)NC3)CC1. The van der Waals surface area contributed by atoms with Gasteiger partial charge in [0.2, 0.25) is 0 Å². The number of carbonyl (C=O) groups is 1. The van der Waals surface area contributed by atoms with Crippen LogP contribution in [0.1, 0.15) is 15.9 Å². The number of nitrogens with one attached hydrogen (secondary N) is 1. The third-order valence-electron chi connectivity index (χ3n) is 3.70. The lowest BCUT2D eigenvalue weighted by Gasteiger charge is -2.34. The average Bonchev–Trinajstić information content (AvgIpc) is 2.71. The van der Waals surface area contributed by atoms with Gasteiger partial charge < -0.3 is 15.1 Å². The smallest absolute Gasteiger partial charge is 0.252 e. The largest absolute Gasteiger partial charge is 0.367 e. The Bertz CT molecular complexity index is 495.